The van der Waals surface area contributed by atoms with Gasteiger partial charge < -0.3 is 15.3 Å². The zero-order valence-electron chi connectivity index (χ0n) is 10.6. The molecule has 104 valence electrons. The molecule has 2 amide bonds. The Morgan fingerprint density at radius 1 is 1.58 bits per heavy atom. The van der Waals surface area contributed by atoms with Gasteiger partial charge in [0.15, 0.2) is 0 Å². The number of hydrogen-bond donors (Lipinski definition) is 2. The van der Waals surface area contributed by atoms with Gasteiger partial charge in [0.2, 0.25) is 0 Å². The molecule has 6 heteroatoms. The zero-order chi connectivity index (χ0) is 14.0. The minimum absolute atomic E-state index is 0.194. The molecule has 1 aliphatic rings. The van der Waals surface area contributed by atoms with Gasteiger partial charge in [0, 0.05) is 23.2 Å². The highest BCUT2D eigenvalue weighted by atomic mass is 79.9. The summed E-state index contributed by atoms with van der Waals surface area (Å²) in [6, 6.07) is 5.02. The van der Waals surface area contributed by atoms with E-state index >= 15 is 0 Å². The highest BCUT2D eigenvalue weighted by Crippen LogP contribution is 2.26. The van der Waals surface area contributed by atoms with Gasteiger partial charge in [-0.25, -0.2) is 4.79 Å². The Balaban J connectivity index is 1.99. The first-order valence-corrected chi connectivity index (χ1v) is 7.33. The van der Waals surface area contributed by atoms with Crippen LogP contribution in [0.1, 0.15) is 13.3 Å². The number of halogens is 2. The van der Waals surface area contributed by atoms with E-state index in [2.05, 4.69) is 21.2 Å². The van der Waals surface area contributed by atoms with E-state index in [1.54, 1.807) is 23.1 Å². The summed E-state index contributed by atoms with van der Waals surface area (Å²) in [5.41, 5.74) is 0.675. The Labute approximate surface area is 125 Å². The predicted molar refractivity (Wildman–Crippen MR) is 79.5 cm³/mol. The van der Waals surface area contributed by atoms with Crippen molar-refractivity contribution in [2.24, 2.45) is 5.92 Å². The number of hydrogen-bond acceptors (Lipinski definition) is 2. The molecule has 0 bridgehead atoms. The lowest BCUT2D eigenvalue weighted by atomic mass is 9.96. The lowest BCUT2D eigenvalue weighted by Crippen LogP contribution is -2.47. The zero-order valence-corrected chi connectivity index (χ0v) is 12.9. The molecular weight excluding hydrogens is 332 g/mol. The molecule has 1 aliphatic heterocycles. The number of β-amino-alcohol motifs (C(OH)–C–C–N with tert-alkyl or cyclic N) is 1. The normalized spacial score (nSPS) is 23.3. The molecule has 1 heterocycles. The smallest absolute Gasteiger partial charge is 0.321 e. The van der Waals surface area contributed by atoms with Crippen LogP contribution in [0.3, 0.4) is 0 Å². The molecule has 2 unspecified atom stereocenters. The largest absolute Gasteiger partial charge is 0.391 e. The second-order valence-electron chi connectivity index (χ2n) is 4.84. The van der Waals surface area contributed by atoms with Crippen molar-refractivity contribution in [1.29, 1.82) is 0 Å². The van der Waals surface area contributed by atoms with E-state index in [0.717, 1.165) is 10.9 Å². The van der Waals surface area contributed by atoms with E-state index in [9.17, 15) is 9.90 Å². The molecule has 2 rings (SSSR count). The molecule has 2 atom stereocenters. The predicted octanol–water partition coefficient (Wildman–Crippen LogP) is 3.34. The Morgan fingerprint density at radius 3 is 2.95 bits per heavy atom. The molecule has 0 saturated carbocycles. The van der Waals surface area contributed by atoms with E-state index < -0.39 is 6.10 Å². The second kappa shape index (κ2) is 6.11. The van der Waals surface area contributed by atoms with Crippen LogP contribution >= 0.6 is 27.5 Å². The summed E-state index contributed by atoms with van der Waals surface area (Å²) in [4.78, 5) is 13.7. The van der Waals surface area contributed by atoms with Crippen molar-refractivity contribution in [3.05, 3.63) is 27.7 Å². The van der Waals surface area contributed by atoms with Gasteiger partial charge in [-0.2, -0.15) is 0 Å². The highest BCUT2D eigenvalue weighted by molar-refractivity contribution is 9.10. The van der Waals surface area contributed by atoms with Crippen LogP contribution in [0, 0.1) is 5.92 Å². The fraction of sp³-hybridized carbons (Fsp3) is 0.462. The third-order valence-corrected chi connectivity index (χ3v) is 4.59. The number of amides is 2. The van der Waals surface area contributed by atoms with Crippen LogP contribution in [0.2, 0.25) is 5.02 Å². The molecule has 0 radical (unpaired) electrons. The molecule has 1 aromatic rings. The van der Waals surface area contributed by atoms with E-state index in [1.165, 1.54) is 0 Å². The number of carbonyl (C=O) groups is 1. The SMILES string of the molecule is CC1CCN(C(=O)Nc2ccc(Cl)c(Br)c2)CC1O. The van der Waals surface area contributed by atoms with Crippen LogP contribution in [0.5, 0.6) is 0 Å². The third kappa shape index (κ3) is 3.61. The summed E-state index contributed by atoms with van der Waals surface area (Å²) >= 11 is 9.21. The Kier molecular flexibility index (Phi) is 4.71. The highest BCUT2D eigenvalue weighted by Gasteiger charge is 2.27. The molecule has 1 aromatic carbocycles. The number of carbonyl (C=O) groups excluding carboxylic acids is 1. The number of nitrogens with one attached hydrogen (secondary N) is 1. The van der Waals surface area contributed by atoms with Crippen molar-refractivity contribution in [2.45, 2.75) is 19.4 Å². The van der Waals surface area contributed by atoms with Gasteiger partial charge in [-0.1, -0.05) is 18.5 Å². The number of likely N-dealkylation sites (tertiary alicyclic amines) is 1. The maximum absolute atomic E-state index is 12.1. The first-order valence-electron chi connectivity index (χ1n) is 6.16. The first kappa shape index (κ1) is 14.6. The fourth-order valence-corrected chi connectivity index (χ4v) is 2.51. The van der Waals surface area contributed by atoms with Crippen molar-refractivity contribution in [1.82, 2.24) is 4.90 Å². The van der Waals surface area contributed by atoms with Crippen molar-refractivity contribution < 1.29 is 9.90 Å². The number of nitrogens with zero attached hydrogens (tertiary/aromatic N) is 1. The van der Waals surface area contributed by atoms with Crippen LogP contribution in [-0.2, 0) is 0 Å². The van der Waals surface area contributed by atoms with E-state index in [0.29, 0.717) is 23.8 Å². The van der Waals surface area contributed by atoms with Gasteiger partial charge in [0.25, 0.3) is 0 Å². The topological polar surface area (TPSA) is 52.6 Å². The molecule has 2 N–H and O–H groups in total. The average Bonchev–Trinajstić information content (AvgIpc) is 2.37. The Hall–Kier alpha value is -0.780. The molecule has 1 fully saturated rings. The third-order valence-electron chi connectivity index (χ3n) is 3.38. The van der Waals surface area contributed by atoms with Gasteiger partial charge in [0.05, 0.1) is 11.1 Å². The van der Waals surface area contributed by atoms with E-state index in [4.69, 9.17) is 11.6 Å². The average molecular weight is 348 g/mol. The van der Waals surface area contributed by atoms with E-state index in [1.807, 2.05) is 6.92 Å². The molecule has 19 heavy (non-hydrogen) atoms. The van der Waals surface area contributed by atoms with Crippen LogP contribution in [-0.4, -0.2) is 35.2 Å². The summed E-state index contributed by atoms with van der Waals surface area (Å²) in [7, 11) is 0. The summed E-state index contributed by atoms with van der Waals surface area (Å²) in [5.74, 6) is 0.244. The number of aliphatic hydroxyl groups excluding tert-OH is 1. The number of aliphatic hydroxyl groups is 1. The Morgan fingerprint density at radius 2 is 2.32 bits per heavy atom. The fourth-order valence-electron chi connectivity index (χ4n) is 2.01. The quantitative estimate of drug-likeness (QED) is 0.818. The van der Waals surface area contributed by atoms with E-state index in [-0.39, 0.29) is 11.9 Å². The van der Waals surface area contributed by atoms with Gasteiger partial charge in [-0.05, 0) is 46.5 Å². The molecule has 0 spiro atoms. The summed E-state index contributed by atoms with van der Waals surface area (Å²) in [6.45, 7) is 3.04. The number of anilines is 1. The van der Waals surface area contributed by atoms with Gasteiger partial charge in [0.1, 0.15) is 0 Å². The lowest BCUT2D eigenvalue weighted by molar-refractivity contribution is 0.0464. The van der Waals surface area contributed by atoms with Crippen molar-refractivity contribution in [3.63, 3.8) is 0 Å². The molecule has 1 saturated heterocycles. The molecule has 0 aromatic heterocycles. The van der Waals surface area contributed by atoms with Gasteiger partial charge in [-0.15, -0.1) is 0 Å². The maximum atomic E-state index is 12.1. The number of piperidine rings is 1. The first-order chi connectivity index (χ1) is 8.97. The van der Waals surface area contributed by atoms with Crippen molar-refractivity contribution >= 4 is 39.2 Å². The number of benzene rings is 1. The summed E-state index contributed by atoms with van der Waals surface area (Å²) in [5, 5.41) is 13.2. The lowest BCUT2D eigenvalue weighted by Gasteiger charge is -2.34. The molecule has 4 nitrogen and oxygen atoms in total. The monoisotopic (exact) mass is 346 g/mol. The number of rotatable bonds is 1. The molecule has 0 aliphatic carbocycles. The summed E-state index contributed by atoms with van der Waals surface area (Å²) in [6.07, 6.45) is 0.371. The molecular formula is C13H16BrClN2O2. The van der Waals surface area contributed by atoms with Gasteiger partial charge >= 0.3 is 6.03 Å². The van der Waals surface area contributed by atoms with Crippen molar-refractivity contribution in [3.8, 4) is 0 Å². The minimum Gasteiger partial charge on any atom is -0.391 e. The number of urea groups is 1. The second-order valence-corrected chi connectivity index (χ2v) is 6.10. The summed E-state index contributed by atoms with van der Waals surface area (Å²) < 4.78 is 0.735. The van der Waals surface area contributed by atoms with Crippen molar-refractivity contribution in [2.75, 3.05) is 18.4 Å². The van der Waals surface area contributed by atoms with Crippen LogP contribution < -0.4 is 5.32 Å². The standard InChI is InChI=1S/C13H16BrClN2O2/c1-8-4-5-17(7-12(8)18)13(19)16-9-2-3-11(15)10(14)6-9/h2-3,6,8,12,18H,4-5,7H2,1H3,(H,16,19). The van der Waals surface area contributed by atoms with Crippen LogP contribution in [0.25, 0.3) is 0 Å². The Bertz CT molecular complexity index is 484. The maximum Gasteiger partial charge on any atom is 0.321 e. The van der Waals surface area contributed by atoms with Gasteiger partial charge in [-0.3, -0.25) is 0 Å². The minimum atomic E-state index is -0.448. The van der Waals surface area contributed by atoms with Crippen LogP contribution in [0.15, 0.2) is 22.7 Å². The van der Waals surface area contributed by atoms with Crippen LogP contribution in [0.4, 0.5) is 10.5 Å².